The number of sulfonamides is 1. The average molecular weight is 483 g/mol. The van der Waals surface area contributed by atoms with Crippen LogP contribution in [0.4, 0.5) is 5.69 Å². The maximum Gasteiger partial charge on any atom is 0.261 e. The number of carbonyl (C=O) groups is 1. The maximum absolute atomic E-state index is 13.2. The van der Waals surface area contributed by atoms with Gasteiger partial charge in [0.25, 0.3) is 5.91 Å². The van der Waals surface area contributed by atoms with E-state index >= 15 is 0 Å². The van der Waals surface area contributed by atoms with Crippen LogP contribution in [0.2, 0.25) is 0 Å². The van der Waals surface area contributed by atoms with Crippen molar-refractivity contribution in [3.63, 3.8) is 0 Å². The van der Waals surface area contributed by atoms with Crippen molar-refractivity contribution in [1.82, 2.24) is 13.9 Å². The summed E-state index contributed by atoms with van der Waals surface area (Å²) in [6.07, 6.45) is 4.22. The Morgan fingerprint density at radius 2 is 1.74 bits per heavy atom. The molecule has 0 unspecified atom stereocenters. The lowest BCUT2D eigenvalue weighted by molar-refractivity contribution is 0.102. The zero-order valence-electron chi connectivity index (χ0n) is 19.9. The van der Waals surface area contributed by atoms with E-state index in [4.69, 9.17) is 0 Å². The van der Waals surface area contributed by atoms with Crippen LogP contribution < -0.4 is 10.7 Å². The van der Waals surface area contributed by atoms with Gasteiger partial charge in [-0.3, -0.25) is 9.59 Å². The summed E-state index contributed by atoms with van der Waals surface area (Å²) in [5.74, 6) is -0.552. The van der Waals surface area contributed by atoms with Gasteiger partial charge < -0.3 is 9.88 Å². The van der Waals surface area contributed by atoms with Crippen molar-refractivity contribution < 1.29 is 13.2 Å². The number of nitrogens with zero attached hydrogens (tertiary/aromatic N) is 3. The number of fused-ring (bicyclic) bond motifs is 1. The van der Waals surface area contributed by atoms with Crippen molar-refractivity contribution in [2.45, 2.75) is 70.5 Å². The number of nitrogens with one attached hydrogen (secondary N) is 1. The molecule has 0 saturated carbocycles. The molecule has 1 aromatic carbocycles. The zero-order chi connectivity index (χ0) is 24.6. The summed E-state index contributed by atoms with van der Waals surface area (Å²) in [7, 11) is -3.64. The molecule has 1 aliphatic rings. The quantitative estimate of drug-likeness (QED) is 0.594. The molecule has 180 valence electrons. The van der Waals surface area contributed by atoms with Gasteiger partial charge in [-0.2, -0.15) is 4.31 Å². The van der Waals surface area contributed by atoms with Crippen molar-refractivity contribution in [2.75, 3.05) is 5.32 Å². The number of hydrogen-bond acceptors (Lipinski definition) is 5. The Bertz CT molecular complexity index is 1390. The standard InChI is InChI=1S/C25H30N4O4S/c1-5-28-15-22(23(30)21-14-9-16(2)26-24(21)28)25(31)27-19-10-12-20(13-11-19)34(32,33)29-17(3)7-6-8-18(29)4/h9-15,17-18H,5-8H2,1-4H3,(H,27,31)/t17-,18+. The molecule has 0 bridgehead atoms. The predicted octanol–water partition coefficient (Wildman–Crippen LogP) is 3.93. The van der Waals surface area contributed by atoms with E-state index in [2.05, 4.69) is 10.3 Å². The normalized spacial score (nSPS) is 19.3. The van der Waals surface area contributed by atoms with E-state index in [1.54, 1.807) is 33.1 Å². The van der Waals surface area contributed by atoms with Crippen LogP contribution in [0.5, 0.6) is 0 Å². The van der Waals surface area contributed by atoms with Gasteiger partial charge >= 0.3 is 0 Å². The summed E-state index contributed by atoms with van der Waals surface area (Å²) in [5.41, 5.74) is 1.35. The number of aryl methyl sites for hydroxylation is 2. The minimum absolute atomic E-state index is 0.00710. The lowest BCUT2D eigenvalue weighted by Gasteiger charge is -2.37. The van der Waals surface area contributed by atoms with Crippen LogP contribution in [0, 0.1) is 6.92 Å². The fourth-order valence-corrected chi connectivity index (χ4v) is 6.55. The minimum atomic E-state index is -3.64. The van der Waals surface area contributed by atoms with E-state index in [1.165, 1.54) is 18.3 Å². The molecule has 3 aromatic rings. The van der Waals surface area contributed by atoms with Gasteiger partial charge in [-0.25, -0.2) is 13.4 Å². The molecule has 8 nitrogen and oxygen atoms in total. The third-order valence-electron chi connectivity index (χ3n) is 6.45. The first-order valence-corrected chi connectivity index (χ1v) is 13.0. The molecule has 0 radical (unpaired) electrons. The average Bonchev–Trinajstić information content (AvgIpc) is 2.79. The summed E-state index contributed by atoms with van der Waals surface area (Å²) in [4.78, 5) is 30.6. The molecular formula is C25H30N4O4S. The Balaban J connectivity index is 1.60. The molecule has 2 atom stereocenters. The second-order valence-corrected chi connectivity index (χ2v) is 10.8. The Kier molecular flexibility index (Phi) is 6.60. The smallest absolute Gasteiger partial charge is 0.261 e. The van der Waals surface area contributed by atoms with Crippen molar-refractivity contribution in [3.8, 4) is 0 Å². The predicted molar refractivity (Wildman–Crippen MR) is 133 cm³/mol. The first-order valence-electron chi connectivity index (χ1n) is 11.6. The van der Waals surface area contributed by atoms with Crippen molar-refractivity contribution in [2.24, 2.45) is 0 Å². The largest absolute Gasteiger partial charge is 0.332 e. The summed E-state index contributed by atoms with van der Waals surface area (Å²) < 4.78 is 29.8. The van der Waals surface area contributed by atoms with E-state index in [1.807, 2.05) is 27.7 Å². The molecule has 0 spiro atoms. The highest BCUT2D eigenvalue weighted by Crippen LogP contribution is 2.30. The lowest BCUT2D eigenvalue weighted by Crippen LogP contribution is -2.47. The third kappa shape index (κ3) is 4.37. The first kappa shape index (κ1) is 24.1. The van der Waals surface area contributed by atoms with Crippen LogP contribution >= 0.6 is 0 Å². The molecule has 1 aliphatic heterocycles. The topological polar surface area (TPSA) is 101 Å². The van der Waals surface area contributed by atoms with E-state index in [0.29, 0.717) is 23.3 Å². The Morgan fingerprint density at radius 3 is 2.35 bits per heavy atom. The van der Waals surface area contributed by atoms with Gasteiger partial charge in [-0.1, -0.05) is 6.42 Å². The van der Waals surface area contributed by atoms with Gasteiger partial charge in [-0.05, 0) is 76.9 Å². The second kappa shape index (κ2) is 9.31. The fourth-order valence-electron chi connectivity index (χ4n) is 4.66. The number of amides is 1. The number of aromatic nitrogens is 2. The van der Waals surface area contributed by atoms with Crippen LogP contribution in [-0.4, -0.2) is 40.3 Å². The van der Waals surface area contributed by atoms with Gasteiger partial charge in [0.1, 0.15) is 11.2 Å². The monoisotopic (exact) mass is 482 g/mol. The molecule has 0 aliphatic carbocycles. The molecule has 1 saturated heterocycles. The van der Waals surface area contributed by atoms with Gasteiger partial charge in [0.2, 0.25) is 15.5 Å². The SMILES string of the molecule is CCn1cc(C(=O)Nc2ccc(S(=O)(=O)N3[C@H](C)CCC[C@@H]3C)cc2)c(=O)c2ccc(C)nc21. The summed E-state index contributed by atoms with van der Waals surface area (Å²) in [6.45, 7) is 8.18. The van der Waals surface area contributed by atoms with E-state index in [9.17, 15) is 18.0 Å². The van der Waals surface area contributed by atoms with Gasteiger partial charge in [0.05, 0.1) is 10.3 Å². The lowest BCUT2D eigenvalue weighted by atomic mass is 10.0. The summed E-state index contributed by atoms with van der Waals surface area (Å²) in [5, 5.41) is 3.10. The number of anilines is 1. The number of rotatable bonds is 5. The molecule has 1 N–H and O–H groups in total. The van der Waals surface area contributed by atoms with E-state index < -0.39 is 21.4 Å². The number of carbonyl (C=O) groups excluding carboxylic acids is 1. The molecule has 3 heterocycles. The zero-order valence-corrected chi connectivity index (χ0v) is 20.7. The van der Waals surface area contributed by atoms with E-state index in [0.717, 1.165) is 25.0 Å². The number of benzene rings is 1. The van der Waals surface area contributed by atoms with Gasteiger partial charge in [0, 0.05) is 36.2 Å². The Morgan fingerprint density at radius 1 is 1.09 bits per heavy atom. The highest BCUT2D eigenvalue weighted by molar-refractivity contribution is 7.89. The maximum atomic E-state index is 13.2. The first-order chi connectivity index (χ1) is 16.1. The van der Waals surface area contributed by atoms with Gasteiger partial charge in [-0.15, -0.1) is 0 Å². The molecule has 1 fully saturated rings. The summed E-state index contributed by atoms with van der Waals surface area (Å²) >= 11 is 0. The molecule has 1 amide bonds. The molecule has 2 aromatic heterocycles. The minimum Gasteiger partial charge on any atom is -0.332 e. The Hall–Kier alpha value is -3.04. The fraction of sp³-hybridized carbons (Fsp3) is 0.400. The summed E-state index contributed by atoms with van der Waals surface area (Å²) in [6, 6.07) is 9.41. The second-order valence-electron chi connectivity index (χ2n) is 8.92. The van der Waals surface area contributed by atoms with Gasteiger partial charge in [0.15, 0.2) is 0 Å². The van der Waals surface area contributed by atoms with Crippen molar-refractivity contribution in [3.05, 3.63) is 64.1 Å². The molecule has 9 heteroatoms. The van der Waals surface area contributed by atoms with Crippen LogP contribution in [0.1, 0.15) is 56.1 Å². The van der Waals surface area contributed by atoms with Crippen molar-refractivity contribution in [1.29, 1.82) is 0 Å². The highest BCUT2D eigenvalue weighted by Gasteiger charge is 2.35. The number of hydrogen-bond donors (Lipinski definition) is 1. The Labute approximate surface area is 199 Å². The number of pyridine rings is 2. The van der Waals surface area contributed by atoms with E-state index in [-0.39, 0.29) is 22.5 Å². The third-order valence-corrected chi connectivity index (χ3v) is 8.59. The molecular weight excluding hydrogens is 452 g/mol. The van der Waals surface area contributed by atoms with Crippen LogP contribution in [-0.2, 0) is 16.6 Å². The van der Waals surface area contributed by atoms with Crippen molar-refractivity contribution >= 4 is 32.7 Å². The van der Waals surface area contributed by atoms with Crippen LogP contribution in [0.25, 0.3) is 11.0 Å². The highest BCUT2D eigenvalue weighted by atomic mass is 32.2. The molecule has 34 heavy (non-hydrogen) atoms. The molecule has 4 rings (SSSR count). The van der Waals surface area contributed by atoms with Crippen LogP contribution in [0.15, 0.2) is 52.3 Å². The number of piperidine rings is 1. The van der Waals surface area contributed by atoms with Crippen LogP contribution in [0.3, 0.4) is 0 Å².